The van der Waals surface area contributed by atoms with E-state index in [2.05, 4.69) is 15.0 Å². The zero-order chi connectivity index (χ0) is 28.3. The van der Waals surface area contributed by atoms with E-state index in [9.17, 15) is 36.0 Å². The molecule has 1 unspecified atom stereocenters. The summed E-state index contributed by atoms with van der Waals surface area (Å²) in [5.74, 6) is -4.04. The molecule has 1 amide bonds. The molecule has 0 saturated heterocycles. The van der Waals surface area contributed by atoms with Crippen LogP contribution in [0.25, 0.3) is 11.3 Å². The molecule has 2 aromatic carbocycles. The molecule has 0 radical (unpaired) electrons. The van der Waals surface area contributed by atoms with Gasteiger partial charge in [-0.15, -0.1) is 0 Å². The molecular formula is C25H25F3N4O5S. The number of hydrogen-bond donors (Lipinski definition) is 4. The third-order valence-electron chi connectivity index (χ3n) is 5.50. The molecule has 0 aliphatic rings. The van der Waals surface area contributed by atoms with Crippen molar-refractivity contribution < 1.29 is 31.2 Å². The third-order valence-corrected chi connectivity index (χ3v) is 6.85. The van der Waals surface area contributed by atoms with Crippen LogP contribution in [0.3, 0.4) is 0 Å². The lowest BCUT2D eigenvalue weighted by molar-refractivity contribution is -0.174. The van der Waals surface area contributed by atoms with E-state index in [1.807, 2.05) is 0 Å². The Balaban J connectivity index is 2.04. The van der Waals surface area contributed by atoms with Gasteiger partial charge in [0.05, 0.1) is 17.4 Å². The van der Waals surface area contributed by atoms with Crippen LogP contribution >= 0.6 is 0 Å². The average Bonchev–Trinajstić information content (AvgIpc) is 2.84. The first-order valence-corrected chi connectivity index (χ1v) is 12.8. The number of alkyl halides is 3. The van der Waals surface area contributed by atoms with E-state index < -0.39 is 57.5 Å². The fraction of sp³-hybridized carbons (Fsp3) is 0.240. The number of aromatic amines is 1. The summed E-state index contributed by atoms with van der Waals surface area (Å²) in [6.07, 6.45) is -5.88. The predicted octanol–water partition coefficient (Wildman–Crippen LogP) is 3.24. The maximum Gasteiger partial charge on any atom is 0.452 e. The summed E-state index contributed by atoms with van der Waals surface area (Å²) in [6.45, 7) is 2.67. The number of sulfonamides is 1. The minimum absolute atomic E-state index is 0.125. The lowest BCUT2D eigenvalue weighted by Crippen LogP contribution is -2.50. The van der Waals surface area contributed by atoms with E-state index in [0.717, 1.165) is 6.07 Å². The first-order valence-electron chi connectivity index (χ1n) is 11.3. The van der Waals surface area contributed by atoms with Gasteiger partial charge in [0.25, 0.3) is 21.4 Å². The number of aromatic nitrogens is 1. The molecule has 5 N–H and O–H groups in total. The second-order valence-corrected chi connectivity index (χ2v) is 10.5. The molecule has 13 heteroatoms. The minimum Gasteiger partial charge on any atom is -0.399 e. The molecule has 1 heterocycles. The molecule has 3 aromatic rings. The second-order valence-electron chi connectivity index (χ2n) is 8.78. The second kappa shape index (κ2) is 11.1. The smallest absolute Gasteiger partial charge is 0.399 e. The lowest BCUT2D eigenvalue weighted by atomic mass is 9.98. The topological polar surface area (TPSA) is 151 Å². The highest BCUT2D eigenvalue weighted by molar-refractivity contribution is 7.92. The largest absolute Gasteiger partial charge is 0.452 e. The molecule has 0 fully saturated rings. The number of ketones is 1. The van der Waals surface area contributed by atoms with Gasteiger partial charge in [-0.25, -0.2) is 8.42 Å². The summed E-state index contributed by atoms with van der Waals surface area (Å²) in [6, 6.07) is 13.1. The molecule has 0 spiro atoms. The first kappa shape index (κ1) is 28.4. The van der Waals surface area contributed by atoms with Crippen LogP contribution in [0.15, 0.2) is 70.4 Å². The Morgan fingerprint density at radius 3 is 2.26 bits per heavy atom. The molecule has 0 aliphatic carbocycles. The SMILES string of the molecule is CC(C)C(NC(=O)Cc1cc(-c2ccccc2)[nH]c(=O)c1NS(=O)(=O)c1cccc(N)c1)C(=O)C(F)(F)F. The van der Waals surface area contributed by atoms with Crippen molar-refractivity contribution in [1.29, 1.82) is 0 Å². The zero-order valence-electron chi connectivity index (χ0n) is 20.3. The number of anilines is 2. The van der Waals surface area contributed by atoms with Gasteiger partial charge in [0.2, 0.25) is 5.91 Å². The number of halogens is 3. The number of pyridine rings is 1. The number of amides is 1. The van der Waals surface area contributed by atoms with Crippen molar-refractivity contribution in [2.75, 3.05) is 10.5 Å². The Hall–Kier alpha value is -4.13. The molecule has 202 valence electrons. The summed E-state index contributed by atoms with van der Waals surface area (Å²) in [5.41, 5.74) is 5.05. The number of carbonyl (C=O) groups is 2. The number of H-pyrrole nitrogens is 1. The Kier molecular flexibility index (Phi) is 8.30. The van der Waals surface area contributed by atoms with Gasteiger partial charge >= 0.3 is 6.18 Å². The molecule has 0 aliphatic heterocycles. The van der Waals surface area contributed by atoms with Crippen LogP contribution in [0.5, 0.6) is 0 Å². The lowest BCUT2D eigenvalue weighted by Gasteiger charge is -2.22. The van der Waals surface area contributed by atoms with Gasteiger partial charge in [-0.3, -0.25) is 19.1 Å². The van der Waals surface area contributed by atoms with Gasteiger partial charge in [0.1, 0.15) is 5.69 Å². The summed E-state index contributed by atoms with van der Waals surface area (Å²) in [7, 11) is -4.35. The minimum atomic E-state index is -5.18. The van der Waals surface area contributed by atoms with E-state index in [1.54, 1.807) is 30.3 Å². The van der Waals surface area contributed by atoms with E-state index in [1.165, 1.54) is 38.1 Å². The number of benzene rings is 2. The van der Waals surface area contributed by atoms with Crippen LogP contribution in [0, 0.1) is 5.92 Å². The summed E-state index contributed by atoms with van der Waals surface area (Å²) >= 11 is 0. The number of nitrogens with one attached hydrogen (secondary N) is 3. The van der Waals surface area contributed by atoms with Crippen molar-refractivity contribution in [3.8, 4) is 11.3 Å². The van der Waals surface area contributed by atoms with Gasteiger partial charge in [-0.05, 0) is 41.3 Å². The molecule has 9 nitrogen and oxygen atoms in total. The molecular weight excluding hydrogens is 525 g/mol. The van der Waals surface area contributed by atoms with Crippen molar-refractivity contribution in [3.05, 3.63) is 76.6 Å². The van der Waals surface area contributed by atoms with Crippen LogP contribution in [-0.4, -0.2) is 37.3 Å². The van der Waals surface area contributed by atoms with Gasteiger partial charge in [0.15, 0.2) is 0 Å². The first-order chi connectivity index (χ1) is 17.7. The average molecular weight is 551 g/mol. The van der Waals surface area contributed by atoms with Gasteiger partial charge < -0.3 is 16.0 Å². The van der Waals surface area contributed by atoms with E-state index in [0.29, 0.717) is 5.56 Å². The van der Waals surface area contributed by atoms with Crippen LogP contribution in [0.2, 0.25) is 0 Å². The highest BCUT2D eigenvalue weighted by Gasteiger charge is 2.45. The van der Waals surface area contributed by atoms with Crippen molar-refractivity contribution in [1.82, 2.24) is 10.3 Å². The number of nitrogen functional groups attached to an aromatic ring is 1. The third kappa shape index (κ3) is 6.79. The zero-order valence-corrected chi connectivity index (χ0v) is 21.1. The standard InChI is InChI=1S/C25H25F3N4O5S/c1-14(2)21(23(34)25(26,27)28)31-20(33)12-16-11-19(15-7-4-3-5-8-15)30-24(35)22(16)32-38(36,37)18-10-6-9-17(29)13-18/h3-11,13-14,21,32H,12,29H2,1-2H3,(H,30,35)(H,31,33). The number of rotatable bonds is 9. The number of hydrogen-bond acceptors (Lipinski definition) is 6. The molecule has 38 heavy (non-hydrogen) atoms. The van der Waals surface area contributed by atoms with Crippen LogP contribution in [-0.2, 0) is 26.0 Å². The van der Waals surface area contributed by atoms with Crippen molar-refractivity contribution >= 4 is 33.1 Å². The van der Waals surface area contributed by atoms with Crippen LogP contribution in [0.1, 0.15) is 19.4 Å². The molecule has 1 atom stereocenters. The van der Waals surface area contributed by atoms with Gasteiger partial charge in [-0.2, -0.15) is 13.2 Å². The fourth-order valence-corrected chi connectivity index (χ4v) is 4.78. The molecule has 3 rings (SSSR count). The summed E-state index contributed by atoms with van der Waals surface area (Å²) in [4.78, 5) is 40.0. The highest BCUT2D eigenvalue weighted by Crippen LogP contribution is 2.25. The number of carbonyl (C=O) groups excluding carboxylic acids is 2. The Bertz CT molecular complexity index is 1500. The number of Topliss-reactive ketones (excluding diaryl/α,β-unsaturated/α-hetero) is 1. The van der Waals surface area contributed by atoms with Crippen molar-refractivity contribution in [3.63, 3.8) is 0 Å². The monoisotopic (exact) mass is 550 g/mol. The summed E-state index contributed by atoms with van der Waals surface area (Å²) in [5, 5.41) is 2.06. The maximum atomic E-state index is 13.0. The fourth-order valence-electron chi connectivity index (χ4n) is 3.62. The maximum absolute atomic E-state index is 13.0. The van der Waals surface area contributed by atoms with Crippen LogP contribution in [0.4, 0.5) is 24.5 Å². The van der Waals surface area contributed by atoms with E-state index >= 15 is 0 Å². The molecule has 1 aromatic heterocycles. The molecule has 0 bridgehead atoms. The van der Waals surface area contributed by atoms with E-state index in [-0.39, 0.29) is 21.8 Å². The van der Waals surface area contributed by atoms with Gasteiger partial charge in [-0.1, -0.05) is 50.2 Å². The predicted molar refractivity (Wildman–Crippen MR) is 136 cm³/mol. The Morgan fingerprint density at radius 1 is 1.03 bits per heavy atom. The highest BCUT2D eigenvalue weighted by atomic mass is 32.2. The number of nitrogens with two attached hydrogens (primary N) is 1. The van der Waals surface area contributed by atoms with Gasteiger partial charge in [0, 0.05) is 11.4 Å². The van der Waals surface area contributed by atoms with Crippen molar-refractivity contribution in [2.45, 2.75) is 37.4 Å². The Morgan fingerprint density at radius 2 is 1.68 bits per heavy atom. The normalized spacial score (nSPS) is 12.7. The van der Waals surface area contributed by atoms with Crippen LogP contribution < -0.4 is 21.3 Å². The Labute approximate surface area is 216 Å². The van der Waals surface area contributed by atoms with E-state index in [4.69, 9.17) is 5.73 Å². The summed E-state index contributed by atoms with van der Waals surface area (Å²) < 4.78 is 67.2. The van der Waals surface area contributed by atoms with Crippen molar-refractivity contribution in [2.24, 2.45) is 5.92 Å². The quantitative estimate of drug-likeness (QED) is 0.300. The molecule has 0 saturated carbocycles.